The molecule has 0 saturated heterocycles. The molecule has 2 rings (SSSR count). The lowest BCUT2D eigenvalue weighted by Crippen LogP contribution is -2.27. The predicted molar refractivity (Wildman–Crippen MR) is 70.5 cm³/mol. The molecule has 0 aliphatic heterocycles. The van der Waals surface area contributed by atoms with Crippen molar-refractivity contribution >= 4 is 29.3 Å². The van der Waals surface area contributed by atoms with E-state index >= 15 is 0 Å². The van der Waals surface area contributed by atoms with Gasteiger partial charge in [-0.3, -0.25) is 4.79 Å². The number of pyridine rings is 1. The van der Waals surface area contributed by atoms with E-state index in [1.165, 1.54) is 12.1 Å². The molecular formula is C12H14ClN3O3. The minimum Gasteiger partial charge on any atom is -0.478 e. The van der Waals surface area contributed by atoms with Crippen LogP contribution in [0.4, 0.5) is 5.82 Å². The molecule has 0 aromatic carbocycles. The zero-order valence-electron chi connectivity index (χ0n) is 10.1. The van der Waals surface area contributed by atoms with Crippen molar-refractivity contribution in [2.75, 3.05) is 11.9 Å². The number of halogens is 1. The standard InChI is InChI=1S/C12H14ClN3O3/c13-9-4-3-8(12(18)19)11(16-9)14-6-5-10(17)15-7-1-2-7/h3-4,7H,1-2,5-6H2,(H,14,16)(H,15,17)(H,18,19). The summed E-state index contributed by atoms with van der Waals surface area (Å²) in [6.45, 7) is 0.312. The van der Waals surface area contributed by atoms with Crippen molar-refractivity contribution in [3.05, 3.63) is 22.8 Å². The molecule has 1 saturated carbocycles. The van der Waals surface area contributed by atoms with Gasteiger partial charge in [-0.25, -0.2) is 9.78 Å². The van der Waals surface area contributed by atoms with E-state index in [-0.39, 0.29) is 28.9 Å². The number of nitrogens with one attached hydrogen (secondary N) is 2. The topological polar surface area (TPSA) is 91.3 Å². The number of carbonyl (C=O) groups is 2. The van der Waals surface area contributed by atoms with Gasteiger partial charge in [-0.2, -0.15) is 0 Å². The first-order valence-corrected chi connectivity index (χ1v) is 6.37. The highest BCUT2D eigenvalue weighted by molar-refractivity contribution is 6.29. The van der Waals surface area contributed by atoms with Gasteiger partial charge in [0.2, 0.25) is 5.91 Å². The van der Waals surface area contributed by atoms with Crippen LogP contribution in [-0.2, 0) is 4.79 Å². The molecule has 1 fully saturated rings. The highest BCUT2D eigenvalue weighted by atomic mass is 35.5. The van der Waals surface area contributed by atoms with Crippen LogP contribution in [0.3, 0.4) is 0 Å². The van der Waals surface area contributed by atoms with Gasteiger partial charge in [0.25, 0.3) is 0 Å². The Labute approximate surface area is 115 Å². The van der Waals surface area contributed by atoms with Crippen molar-refractivity contribution in [2.24, 2.45) is 0 Å². The van der Waals surface area contributed by atoms with E-state index in [0.29, 0.717) is 12.6 Å². The van der Waals surface area contributed by atoms with Crippen LogP contribution in [0, 0.1) is 0 Å². The van der Waals surface area contributed by atoms with Gasteiger partial charge < -0.3 is 15.7 Å². The molecule has 1 aromatic heterocycles. The summed E-state index contributed by atoms with van der Waals surface area (Å²) in [7, 11) is 0. The van der Waals surface area contributed by atoms with Gasteiger partial charge in [-0.15, -0.1) is 0 Å². The number of hydrogen-bond acceptors (Lipinski definition) is 4. The molecule has 1 aliphatic carbocycles. The highest BCUT2D eigenvalue weighted by Gasteiger charge is 2.22. The smallest absolute Gasteiger partial charge is 0.339 e. The second-order valence-corrected chi connectivity index (χ2v) is 4.74. The number of amides is 1. The Morgan fingerprint density at radius 1 is 1.42 bits per heavy atom. The van der Waals surface area contributed by atoms with E-state index in [1.807, 2.05) is 0 Å². The van der Waals surface area contributed by atoms with Crippen molar-refractivity contribution in [1.82, 2.24) is 10.3 Å². The Bertz CT molecular complexity index is 503. The number of hydrogen-bond donors (Lipinski definition) is 3. The van der Waals surface area contributed by atoms with Crippen molar-refractivity contribution in [3.8, 4) is 0 Å². The summed E-state index contributed by atoms with van der Waals surface area (Å²) < 4.78 is 0. The van der Waals surface area contributed by atoms with Gasteiger partial charge in [-0.1, -0.05) is 11.6 Å². The second-order valence-electron chi connectivity index (χ2n) is 4.35. The number of carboxylic acid groups (broad SMARTS) is 1. The number of rotatable bonds is 6. The van der Waals surface area contributed by atoms with E-state index in [0.717, 1.165) is 12.8 Å². The molecule has 0 unspecified atom stereocenters. The number of nitrogens with zero attached hydrogens (tertiary/aromatic N) is 1. The molecule has 1 aromatic rings. The fraction of sp³-hybridized carbons (Fsp3) is 0.417. The molecule has 102 valence electrons. The largest absolute Gasteiger partial charge is 0.478 e. The molecule has 0 radical (unpaired) electrons. The van der Waals surface area contributed by atoms with Gasteiger partial charge in [0.15, 0.2) is 0 Å². The minimum atomic E-state index is -1.09. The third-order valence-electron chi connectivity index (χ3n) is 2.68. The Morgan fingerprint density at radius 2 is 2.16 bits per heavy atom. The maximum absolute atomic E-state index is 11.5. The van der Waals surface area contributed by atoms with Crippen LogP contribution in [0.2, 0.25) is 5.15 Å². The maximum Gasteiger partial charge on any atom is 0.339 e. The SMILES string of the molecule is O=C(CCNc1nc(Cl)ccc1C(=O)O)NC1CC1. The number of aromatic nitrogens is 1. The maximum atomic E-state index is 11.5. The zero-order chi connectivity index (χ0) is 13.8. The molecule has 6 nitrogen and oxygen atoms in total. The molecule has 1 heterocycles. The molecule has 1 amide bonds. The predicted octanol–water partition coefficient (Wildman–Crippen LogP) is 1.51. The quantitative estimate of drug-likeness (QED) is 0.689. The average Bonchev–Trinajstić information content (AvgIpc) is 3.12. The molecule has 7 heteroatoms. The number of carbonyl (C=O) groups excluding carboxylic acids is 1. The van der Waals surface area contributed by atoms with Crippen molar-refractivity contribution in [3.63, 3.8) is 0 Å². The van der Waals surface area contributed by atoms with Crippen molar-refractivity contribution in [2.45, 2.75) is 25.3 Å². The van der Waals surface area contributed by atoms with Crippen LogP contribution < -0.4 is 10.6 Å². The van der Waals surface area contributed by atoms with Gasteiger partial charge in [0.05, 0.1) is 0 Å². The first kappa shape index (κ1) is 13.6. The monoisotopic (exact) mass is 283 g/mol. The summed E-state index contributed by atoms with van der Waals surface area (Å²) in [5, 5.41) is 14.9. The third kappa shape index (κ3) is 4.10. The summed E-state index contributed by atoms with van der Waals surface area (Å²) in [6, 6.07) is 3.12. The number of carboxylic acids is 1. The normalized spacial score (nSPS) is 13.9. The first-order valence-electron chi connectivity index (χ1n) is 5.99. The van der Waals surface area contributed by atoms with Crippen LogP contribution >= 0.6 is 11.6 Å². The Morgan fingerprint density at radius 3 is 2.79 bits per heavy atom. The van der Waals surface area contributed by atoms with Crippen LogP contribution in [-0.4, -0.2) is 34.6 Å². The first-order chi connectivity index (χ1) is 9.06. The molecular weight excluding hydrogens is 270 g/mol. The van der Waals surface area contributed by atoms with Gasteiger partial charge in [0.1, 0.15) is 16.5 Å². The van der Waals surface area contributed by atoms with Crippen LogP contribution in [0.25, 0.3) is 0 Å². The molecule has 1 aliphatic rings. The molecule has 0 atom stereocenters. The summed E-state index contributed by atoms with van der Waals surface area (Å²) in [4.78, 5) is 26.3. The Kier molecular flexibility index (Phi) is 4.21. The Balaban J connectivity index is 1.88. The number of aromatic carboxylic acids is 1. The zero-order valence-corrected chi connectivity index (χ0v) is 10.9. The molecule has 0 bridgehead atoms. The van der Waals surface area contributed by atoms with Gasteiger partial charge in [0, 0.05) is 19.0 Å². The fourth-order valence-electron chi connectivity index (χ4n) is 1.56. The summed E-state index contributed by atoms with van der Waals surface area (Å²) in [5.41, 5.74) is 0.0343. The number of anilines is 1. The fourth-order valence-corrected chi connectivity index (χ4v) is 1.71. The van der Waals surface area contributed by atoms with Crippen molar-refractivity contribution in [1.29, 1.82) is 0 Å². The van der Waals surface area contributed by atoms with Crippen molar-refractivity contribution < 1.29 is 14.7 Å². The van der Waals surface area contributed by atoms with Gasteiger partial charge in [-0.05, 0) is 25.0 Å². The average molecular weight is 284 g/mol. The van der Waals surface area contributed by atoms with E-state index in [2.05, 4.69) is 15.6 Å². The molecule has 19 heavy (non-hydrogen) atoms. The third-order valence-corrected chi connectivity index (χ3v) is 2.89. The summed E-state index contributed by atoms with van der Waals surface area (Å²) in [5.74, 6) is -0.956. The lowest BCUT2D eigenvalue weighted by molar-refractivity contribution is -0.120. The van der Waals surface area contributed by atoms with E-state index in [1.54, 1.807) is 0 Å². The second kappa shape index (κ2) is 5.88. The van der Waals surface area contributed by atoms with Crippen LogP contribution in [0.1, 0.15) is 29.6 Å². The van der Waals surface area contributed by atoms with Crippen LogP contribution in [0.5, 0.6) is 0 Å². The van der Waals surface area contributed by atoms with Gasteiger partial charge >= 0.3 is 5.97 Å². The highest BCUT2D eigenvalue weighted by Crippen LogP contribution is 2.19. The summed E-state index contributed by atoms with van der Waals surface area (Å²) >= 11 is 5.72. The minimum absolute atomic E-state index is 0.0343. The van der Waals surface area contributed by atoms with E-state index in [4.69, 9.17) is 16.7 Å². The molecule has 0 spiro atoms. The Hall–Kier alpha value is -1.82. The summed E-state index contributed by atoms with van der Waals surface area (Å²) in [6.07, 6.45) is 2.35. The van der Waals surface area contributed by atoms with Crippen LogP contribution in [0.15, 0.2) is 12.1 Å². The molecule has 3 N–H and O–H groups in total. The lowest BCUT2D eigenvalue weighted by atomic mass is 10.2. The van der Waals surface area contributed by atoms with E-state index in [9.17, 15) is 9.59 Å². The van der Waals surface area contributed by atoms with E-state index < -0.39 is 5.97 Å². The lowest BCUT2D eigenvalue weighted by Gasteiger charge is -2.09.